The van der Waals surface area contributed by atoms with Crippen molar-refractivity contribution in [2.24, 2.45) is 5.92 Å². The lowest BCUT2D eigenvalue weighted by Gasteiger charge is -2.33. The van der Waals surface area contributed by atoms with Crippen LogP contribution in [-0.2, 0) is 19.1 Å². The van der Waals surface area contributed by atoms with Crippen LogP contribution in [0.25, 0.3) is 0 Å². The van der Waals surface area contributed by atoms with Gasteiger partial charge < -0.3 is 9.47 Å². The summed E-state index contributed by atoms with van der Waals surface area (Å²) in [5, 5.41) is 0.421. The van der Waals surface area contributed by atoms with Crippen LogP contribution in [0.5, 0.6) is 5.75 Å². The van der Waals surface area contributed by atoms with Gasteiger partial charge in [0.15, 0.2) is 0 Å². The lowest BCUT2D eigenvalue weighted by atomic mass is 9.95. The summed E-state index contributed by atoms with van der Waals surface area (Å²) in [6.07, 6.45) is 1.35. The van der Waals surface area contributed by atoms with Gasteiger partial charge in [0.05, 0.1) is 37.8 Å². The number of halogens is 1. The SMILES string of the molecule is CCOC(=O)C1CCN(C2CC(=O)N(c3cc(Cl)ccc3OC)C2=O)CC1. The first-order valence-corrected chi connectivity index (χ1v) is 9.45. The molecule has 0 N–H and O–H groups in total. The number of imide groups is 1. The maximum absolute atomic E-state index is 13.0. The van der Waals surface area contributed by atoms with Crippen LogP contribution in [0, 0.1) is 5.92 Å². The third-order valence-corrected chi connectivity index (χ3v) is 5.33. The molecular weight excluding hydrogens is 372 g/mol. The number of amides is 2. The molecule has 7 nitrogen and oxygen atoms in total. The summed E-state index contributed by atoms with van der Waals surface area (Å²) in [6.45, 7) is 3.31. The molecule has 1 aromatic carbocycles. The highest BCUT2D eigenvalue weighted by Crippen LogP contribution is 2.36. The van der Waals surface area contributed by atoms with Crippen molar-refractivity contribution in [3.63, 3.8) is 0 Å². The van der Waals surface area contributed by atoms with Crippen molar-refractivity contribution in [1.82, 2.24) is 4.90 Å². The maximum atomic E-state index is 13.0. The molecule has 0 aliphatic carbocycles. The standard InChI is InChI=1S/C19H23ClN2O5/c1-3-27-19(25)12-6-8-21(9-7-12)15-11-17(23)22(18(15)24)14-10-13(20)4-5-16(14)26-2/h4-5,10,12,15H,3,6-9,11H2,1-2H3. The van der Waals surface area contributed by atoms with E-state index in [-0.39, 0.29) is 30.1 Å². The summed E-state index contributed by atoms with van der Waals surface area (Å²) in [5.74, 6) is -0.468. The molecule has 146 valence electrons. The van der Waals surface area contributed by atoms with Crippen molar-refractivity contribution in [2.45, 2.75) is 32.2 Å². The first-order valence-electron chi connectivity index (χ1n) is 9.07. The van der Waals surface area contributed by atoms with Crippen LogP contribution in [0.1, 0.15) is 26.2 Å². The normalized spacial score (nSPS) is 21.6. The van der Waals surface area contributed by atoms with Gasteiger partial charge in [0.25, 0.3) is 5.91 Å². The maximum Gasteiger partial charge on any atom is 0.309 e. The summed E-state index contributed by atoms with van der Waals surface area (Å²) < 4.78 is 10.4. The minimum absolute atomic E-state index is 0.110. The molecule has 2 saturated heterocycles. The van der Waals surface area contributed by atoms with Crippen LogP contribution in [0.15, 0.2) is 18.2 Å². The van der Waals surface area contributed by atoms with Gasteiger partial charge in [-0.25, -0.2) is 4.90 Å². The summed E-state index contributed by atoms with van der Waals surface area (Å²) in [4.78, 5) is 40.6. The van der Waals surface area contributed by atoms with Crippen molar-refractivity contribution >= 4 is 35.1 Å². The fourth-order valence-electron chi connectivity index (χ4n) is 3.70. The molecule has 0 aromatic heterocycles. The number of esters is 1. The van der Waals surface area contributed by atoms with Gasteiger partial charge in [-0.2, -0.15) is 0 Å². The first-order chi connectivity index (χ1) is 13.0. The Kier molecular flexibility index (Phi) is 6.01. The van der Waals surface area contributed by atoms with Gasteiger partial charge >= 0.3 is 5.97 Å². The molecule has 0 spiro atoms. The molecule has 1 unspecified atom stereocenters. The van der Waals surface area contributed by atoms with Crippen molar-refractivity contribution in [2.75, 3.05) is 31.7 Å². The summed E-state index contributed by atoms with van der Waals surface area (Å²) in [6, 6.07) is 4.32. The van der Waals surface area contributed by atoms with Crippen molar-refractivity contribution < 1.29 is 23.9 Å². The van der Waals surface area contributed by atoms with Crippen LogP contribution in [-0.4, -0.2) is 55.5 Å². The molecule has 1 atom stereocenters. The lowest BCUT2D eigenvalue weighted by molar-refractivity contribution is -0.149. The second-order valence-electron chi connectivity index (χ2n) is 6.67. The Bertz CT molecular complexity index is 746. The van der Waals surface area contributed by atoms with Gasteiger partial charge in [-0.1, -0.05) is 11.6 Å². The number of rotatable bonds is 5. The Labute approximate surface area is 163 Å². The molecule has 27 heavy (non-hydrogen) atoms. The van der Waals surface area contributed by atoms with E-state index in [1.807, 2.05) is 4.90 Å². The topological polar surface area (TPSA) is 76.2 Å². The van der Waals surface area contributed by atoms with Crippen LogP contribution in [0.4, 0.5) is 5.69 Å². The van der Waals surface area contributed by atoms with Gasteiger partial charge in [-0.3, -0.25) is 19.3 Å². The summed E-state index contributed by atoms with van der Waals surface area (Å²) in [5.41, 5.74) is 0.365. The Balaban J connectivity index is 1.72. The zero-order valence-corrected chi connectivity index (χ0v) is 16.2. The number of piperidine rings is 1. The van der Waals surface area contributed by atoms with Crippen LogP contribution in [0.2, 0.25) is 5.02 Å². The number of nitrogens with zero attached hydrogens (tertiary/aromatic N) is 2. The van der Waals surface area contributed by atoms with Gasteiger partial charge in [0.2, 0.25) is 5.91 Å². The van der Waals surface area contributed by atoms with Crippen LogP contribution >= 0.6 is 11.6 Å². The molecule has 2 aliphatic rings. The Hall–Kier alpha value is -2.12. The molecule has 0 saturated carbocycles. The third kappa shape index (κ3) is 3.94. The van der Waals surface area contributed by atoms with Crippen LogP contribution < -0.4 is 9.64 Å². The predicted molar refractivity (Wildman–Crippen MR) is 99.8 cm³/mol. The van der Waals surface area contributed by atoms with Crippen molar-refractivity contribution in [3.8, 4) is 5.75 Å². The van der Waals surface area contributed by atoms with Gasteiger partial charge in [0.1, 0.15) is 5.75 Å². The molecule has 8 heteroatoms. The molecule has 2 heterocycles. The fourth-order valence-corrected chi connectivity index (χ4v) is 3.87. The van der Waals surface area contributed by atoms with E-state index in [9.17, 15) is 14.4 Å². The van der Waals surface area contributed by atoms with E-state index < -0.39 is 6.04 Å². The minimum atomic E-state index is -0.524. The average Bonchev–Trinajstić information content (AvgIpc) is 2.96. The number of hydrogen-bond acceptors (Lipinski definition) is 6. The van der Waals surface area contributed by atoms with E-state index in [0.29, 0.717) is 49.0 Å². The zero-order chi connectivity index (χ0) is 19.6. The van der Waals surface area contributed by atoms with E-state index in [1.54, 1.807) is 25.1 Å². The Morgan fingerprint density at radius 1 is 1.26 bits per heavy atom. The third-order valence-electron chi connectivity index (χ3n) is 5.09. The second-order valence-corrected chi connectivity index (χ2v) is 7.10. The number of hydrogen-bond donors (Lipinski definition) is 0. The van der Waals surface area contributed by atoms with E-state index in [0.717, 1.165) is 4.90 Å². The predicted octanol–water partition coefficient (Wildman–Crippen LogP) is 2.26. The number of ether oxygens (including phenoxy) is 2. The highest BCUT2D eigenvalue weighted by atomic mass is 35.5. The summed E-state index contributed by atoms with van der Waals surface area (Å²) in [7, 11) is 1.48. The Morgan fingerprint density at radius 3 is 2.59 bits per heavy atom. The number of carbonyl (C=O) groups excluding carboxylic acids is 3. The Morgan fingerprint density at radius 2 is 1.96 bits per heavy atom. The molecule has 2 aliphatic heterocycles. The molecular formula is C19H23ClN2O5. The van der Waals surface area contributed by atoms with E-state index in [4.69, 9.17) is 21.1 Å². The highest BCUT2D eigenvalue weighted by molar-refractivity contribution is 6.31. The van der Waals surface area contributed by atoms with E-state index >= 15 is 0 Å². The number of likely N-dealkylation sites (tertiary alicyclic amines) is 1. The fraction of sp³-hybridized carbons (Fsp3) is 0.526. The minimum Gasteiger partial charge on any atom is -0.495 e. The lowest BCUT2D eigenvalue weighted by Crippen LogP contribution is -2.47. The molecule has 2 fully saturated rings. The molecule has 1 aromatic rings. The van der Waals surface area contributed by atoms with Crippen molar-refractivity contribution in [1.29, 1.82) is 0 Å². The summed E-state index contributed by atoms with van der Waals surface area (Å²) >= 11 is 6.05. The molecule has 2 amide bonds. The van der Waals surface area contributed by atoms with Gasteiger partial charge in [0, 0.05) is 5.02 Å². The molecule has 3 rings (SSSR count). The monoisotopic (exact) mass is 394 g/mol. The van der Waals surface area contributed by atoms with Crippen molar-refractivity contribution in [3.05, 3.63) is 23.2 Å². The van der Waals surface area contributed by atoms with E-state index in [2.05, 4.69) is 0 Å². The van der Waals surface area contributed by atoms with E-state index in [1.165, 1.54) is 7.11 Å². The highest BCUT2D eigenvalue weighted by Gasteiger charge is 2.44. The van der Waals surface area contributed by atoms with Gasteiger partial charge in [-0.05, 0) is 51.1 Å². The smallest absolute Gasteiger partial charge is 0.309 e. The molecule has 0 bridgehead atoms. The number of carbonyl (C=O) groups is 3. The molecule has 0 radical (unpaired) electrons. The number of anilines is 1. The zero-order valence-electron chi connectivity index (χ0n) is 15.4. The van der Waals surface area contributed by atoms with Crippen LogP contribution in [0.3, 0.4) is 0 Å². The number of benzene rings is 1. The average molecular weight is 395 g/mol. The first kappa shape index (κ1) is 19.6. The second kappa shape index (κ2) is 8.27. The quantitative estimate of drug-likeness (QED) is 0.563. The largest absolute Gasteiger partial charge is 0.495 e. The number of methoxy groups -OCH3 is 1. The van der Waals surface area contributed by atoms with Gasteiger partial charge in [-0.15, -0.1) is 0 Å².